The highest BCUT2D eigenvalue weighted by Crippen LogP contribution is 2.17. The third kappa shape index (κ3) is 2.92. The van der Waals surface area contributed by atoms with Gasteiger partial charge in [-0.1, -0.05) is 37.3 Å². The van der Waals surface area contributed by atoms with Crippen LogP contribution in [0.5, 0.6) is 0 Å². The highest BCUT2D eigenvalue weighted by molar-refractivity contribution is 5.29. The highest BCUT2D eigenvalue weighted by Gasteiger charge is 2.08. The SMILES string of the molecule is CC(CNc1nccn1C(C)C)c1ccccc1. The van der Waals surface area contributed by atoms with Gasteiger partial charge in [-0.25, -0.2) is 4.98 Å². The van der Waals surface area contributed by atoms with Crippen molar-refractivity contribution >= 4 is 5.95 Å². The zero-order chi connectivity index (χ0) is 13.0. The van der Waals surface area contributed by atoms with Crippen molar-refractivity contribution in [3.8, 4) is 0 Å². The largest absolute Gasteiger partial charge is 0.355 e. The first-order valence-electron chi connectivity index (χ1n) is 6.50. The summed E-state index contributed by atoms with van der Waals surface area (Å²) in [4.78, 5) is 4.35. The van der Waals surface area contributed by atoms with E-state index in [0.717, 1.165) is 12.5 Å². The summed E-state index contributed by atoms with van der Waals surface area (Å²) in [6, 6.07) is 11.0. The normalized spacial score (nSPS) is 12.7. The van der Waals surface area contributed by atoms with Crippen LogP contribution in [0.25, 0.3) is 0 Å². The summed E-state index contributed by atoms with van der Waals surface area (Å²) < 4.78 is 2.15. The molecule has 0 radical (unpaired) electrons. The molecule has 0 amide bonds. The van der Waals surface area contributed by atoms with Crippen molar-refractivity contribution in [3.63, 3.8) is 0 Å². The van der Waals surface area contributed by atoms with Gasteiger partial charge in [0.05, 0.1) is 0 Å². The van der Waals surface area contributed by atoms with Gasteiger partial charge in [0.25, 0.3) is 0 Å². The van der Waals surface area contributed by atoms with E-state index in [1.54, 1.807) is 0 Å². The van der Waals surface area contributed by atoms with Crippen LogP contribution in [-0.4, -0.2) is 16.1 Å². The summed E-state index contributed by atoms with van der Waals surface area (Å²) in [5.41, 5.74) is 1.35. The number of imidazole rings is 1. The highest BCUT2D eigenvalue weighted by atomic mass is 15.2. The summed E-state index contributed by atoms with van der Waals surface area (Å²) in [6.45, 7) is 7.44. The standard InChI is InChI=1S/C15H21N3/c1-12(2)18-10-9-16-15(18)17-11-13(3)14-7-5-4-6-8-14/h4-10,12-13H,11H2,1-3H3,(H,16,17). The Balaban J connectivity index is 1.97. The van der Waals surface area contributed by atoms with Crippen LogP contribution in [0.15, 0.2) is 42.7 Å². The van der Waals surface area contributed by atoms with Gasteiger partial charge in [-0.15, -0.1) is 0 Å². The van der Waals surface area contributed by atoms with Gasteiger partial charge < -0.3 is 9.88 Å². The van der Waals surface area contributed by atoms with Gasteiger partial charge >= 0.3 is 0 Å². The molecule has 1 N–H and O–H groups in total. The maximum absolute atomic E-state index is 4.35. The van der Waals surface area contributed by atoms with Crippen LogP contribution in [0.1, 0.15) is 38.3 Å². The van der Waals surface area contributed by atoms with Crippen LogP contribution in [0.4, 0.5) is 5.95 Å². The topological polar surface area (TPSA) is 29.9 Å². The number of aromatic nitrogens is 2. The van der Waals surface area contributed by atoms with E-state index in [1.807, 2.05) is 12.4 Å². The van der Waals surface area contributed by atoms with Gasteiger partial charge in [0.15, 0.2) is 0 Å². The lowest BCUT2D eigenvalue weighted by molar-refractivity contribution is 0.602. The van der Waals surface area contributed by atoms with Gasteiger partial charge in [-0.3, -0.25) is 0 Å². The first-order chi connectivity index (χ1) is 8.68. The molecule has 0 fully saturated rings. The molecule has 2 aromatic rings. The number of nitrogens with one attached hydrogen (secondary N) is 1. The minimum atomic E-state index is 0.432. The summed E-state index contributed by atoms with van der Waals surface area (Å²) in [5, 5.41) is 3.42. The smallest absolute Gasteiger partial charge is 0.203 e. The van der Waals surface area contributed by atoms with Crippen LogP contribution in [0.3, 0.4) is 0 Å². The Morgan fingerprint density at radius 3 is 2.56 bits per heavy atom. The molecule has 1 unspecified atom stereocenters. The van der Waals surface area contributed by atoms with Crippen LogP contribution in [0.2, 0.25) is 0 Å². The molecular formula is C15H21N3. The lowest BCUT2D eigenvalue weighted by Gasteiger charge is -2.16. The van der Waals surface area contributed by atoms with Crippen molar-refractivity contribution in [2.24, 2.45) is 0 Å². The van der Waals surface area contributed by atoms with E-state index in [4.69, 9.17) is 0 Å². The number of anilines is 1. The molecule has 3 heteroatoms. The molecule has 3 nitrogen and oxygen atoms in total. The predicted octanol–water partition coefficient (Wildman–Crippen LogP) is 3.68. The Morgan fingerprint density at radius 2 is 1.89 bits per heavy atom. The zero-order valence-electron chi connectivity index (χ0n) is 11.3. The van der Waals surface area contributed by atoms with Crippen LogP contribution < -0.4 is 5.32 Å². The maximum atomic E-state index is 4.35. The maximum Gasteiger partial charge on any atom is 0.203 e. The van der Waals surface area contributed by atoms with E-state index < -0.39 is 0 Å². The van der Waals surface area contributed by atoms with Gasteiger partial charge in [-0.2, -0.15) is 0 Å². The van der Waals surface area contributed by atoms with Crippen LogP contribution in [0, 0.1) is 0 Å². The van der Waals surface area contributed by atoms with E-state index in [9.17, 15) is 0 Å². The van der Waals surface area contributed by atoms with Gasteiger partial charge in [-0.05, 0) is 25.3 Å². The molecule has 1 atom stereocenters. The average molecular weight is 243 g/mol. The lowest BCUT2D eigenvalue weighted by Crippen LogP contribution is -2.14. The van der Waals surface area contributed by atoms with E-state index in [0.29, 0.717) is 12.0 Å². The number of hydrogen-bond donors (Lipinski definition) is 1. The molecule has 96 valence electrons. The predicted molar refractivity (Wildman–Crippen MR) is 76.0 cm³/mol. The minimum absolute atomic E-state index is 0.432. The Hall–Kier alpha value is -1.77. The van der Waals surface area contributed by atoms with Gasteiger partial charge in [0.2, 0.25) is 5.95 Å². The fraction of sp³-hybridized carbons (Fsp3) is 0.400. The van der Waals surface area contributed by atoms with E-state index >= 15 is 0 Å². The first kappa shape index (κ1) is 12.7. The number of hydrogen-bond acceptors (Lipinski definition) is 2. The monoisotopic (exact) mass is 243 g/mol. The van der Waals surface area contributed by atoms with Crippen molar-refractivity contribution in [2.75, 3.05) is 11.9 Å². The van der Waals surface area contributed by atoms with Crippen molar-refractivity contribution in [1.29, 1.82) is 0 Å². The molecule has 0 bridgehead atoms. The molecule has 0 saturated carbocycles. The van der Waals surface area contributed by atoms with Crippen molar-refractivity contribution < 1.29 is 0 Å². The molecule has 0 spiro atoms. The van der Waals surface area contributed by atoms with Crippen LogP contribution >= 0.6 is 0 Å². The number of benzene rings is 1. The number of rotatable bonds is 5. The first-order valence-corrected chi connectivity index (χ1v) is 6.50. The lowest BCUT2D eigenvalue weighted by atomic mass is 10.0. The fourth-order valence-electron chi connectivity index (χ4n) is 2.01. The Morgan fingerprint density at radius 1 is 1.17 bits per heavy atom. The van der Waals surface area contributed by atoms with Crippen LogP contribution in [-0.2, 0) is 0 Å². The number of nitrogens with zero attached hydrogens (tertiary/aromatic N) is 2. The Bertz CT molecular complexity index is 473. The quantitative estimate of drug-likeness (QED) is 0.868. The van der Waals surface area contributed by atoms with Crippen molar-refractivity contribution in [1.82, 2.24) is 9.55 Å². The molecule has 0 aliphatic heterocycles. The molecule has 1 aromatic carbocycles. The molecule has 0 aliphatic carbocycles. The Kier molecular flexibility index (Phi) is 4.03. The summed E-state index contributed by atoms with van der Waals surface area (Å²) in [7, 11) is 0. The summed E-state index contributed by atoms with van der Waals surface area (Å²) >= 11 is 0. The molecule has 2 rings (SSSR count). The average Bonchev–Trinajstić information content (AvgIpc) is 2.85. The molecule has 0 aliphatic rings. The minimum Gasteiger partial charge on any atom is -0.355 e. The molecule has 18 heavy (non-hydrogen) atoms. The fourth-order valence-corrected chi connectivity index (χ4v) is 2.01. The third-order valence-corrected chi connectivity index (χ3v) is 3.16. The molecule has 0 saturated heterocycles. The second-order valence-corrected chi connectivity index (χ2v) is 4.94. The van der Waals surface area contributed by atoms with Gasteiger partial charge in [0, 0.05) is 25.0 Å². The second-order valence-electron chi connectivity index (χ2n) is 4.94. The summed E-state index contributed by atoms with van der Waals surface area (Å²) in [5.74, 6) is 1.43. The third-order valence-electron chi connectivity index (χ3n) is 3.16. The van der Waals surface area contributed by atoms with E-state index in [1.165, 1.54) is 5.56 Å². The zero-order valence-corrected chi connectivity index (χ0v) is 11.3. The molecule has 1 aromatic heterocycles. The van der Waals surface area contributed by atoms with E-state index in [-0.39, 0.29) is 0 Å². The van der Waals surface area contributed by atoms with E-state index in [2.05, 4.69) is 66.0 Å². The summed E-state index contributed by atoms with van der Waals surface area (Å²) in [6.07, 6.45) is 3.86. The molecular weight excluding hydrogens is 222 g/mol. The molecule has 1 heterocycles. The van der Waals surface area contributed by atoms with Gasteiger partial charge in [0.1, 0.15) is 0 Å². The van der Waals surface area contributed by atoms with Crippen molar-refractivity contribution in [3.05, 3.63) is 48.3 Å². The van der Waals surface area contributed by atoms with Crippen molar-refractivity contribution in [2.45, 2.75) is 32.7 Å². The second kappa shape index (κ2) is 5.71. The Labute approximate surface area is 109 Å².